The monoisotopic (exact) mass is 285 g/mol. The molecular formula is C16H19N3O2. The number of carbonyl (C=O) groups is 1. The van der Waals surface area contributed by atoms with Gasteiger partial charge in [-0.1, -0.05) is 30.3 Å². The van der Waals surface area contributed by atoms with Crippen molar-refractivity contribution in [3.63, 3.8) is 0 Å². The van der Waals surface area contributed by atoms with E-state index >= 15 is 0 Å². The molecule has 5 nitrogen and oxygen atoms in total. The molecule has 0 radical (unpaired) electrons. The lowest BCUT2D eigenvalue weighted by Crippen LogP contribution is -2.23. The van der Waals surface area contributed by atoms with E-state index in [4.69, 9.17) is 4.74 Å². The Morgan fingerprint density at radius 2 is 2.00 bits per heavy atom. The number of hydrogen-bond donors (Lipinski definition) is 2. The van der Waals surface area contributed by atoms with E-state index in [0.29, 0.717) is 25.3 Å². The van der Waals surface area contributed by atoms with Gasteiger partial charge in [0.05, 0.1) is 12.2 Å². The summed E-state index contributed by atoms with van der Waals surface area (Å²) in [5, 5.41) is 5.97. The van der Waals surface area contributed by atoms with Gasteiger partial charge in [0.2, 0.25) is 0 Å². The molecule has 21 heavy (non-hydrogen) atoms. The van der Waals surface area contributed by atoms with Crippen LogP contribution in [0.4, 0.5) is 5.82 Å². The number of pyridine rings is 1. The van der Waals surface area contributed by atoms with Crippen LogP contribution >= 0.6 is 0 Å². The molecule has 1 heterocycles. The number of amides is 1. The Labute approximate surface area is 124 Å². The number of rotatable bonds is 7. The summed E-state index contributed by atoms with van der Waals surface area (Å²) in [6, 6.07) is 13.3. The highest BCUT2D eigenvalue weighted by Crippen LogP contribution is 2.05. The molecule has 1 aromatic heterocycles. The Balaban J connectivity index is 1.85. The number of carbonyl (C=O) groups excluding carboxylic acids is 1. The lowest BCUT2D eigenvalue weighted by molar-refractivity contribution is 0.0950. The Kier molecular flexibility index (Phi) is 5.72. The summed E-state index contributed by atoms with van der Waals surface area (Å²) in [6.45, 7) is 1.80. The van der Waals surface area contributed by atoms with Gasteiger partial charge in [-0.2, -0.15) is 0 Å². The normalized spacial score (nSPS) is 10.1. The van der Waals surface area contributed by atoms with Gasteiger partial charge in [-0.25, -0.2) is 4.98 Å². The third-order valence-electron chi connectivity index (χ3n) is 2.93. The zero-order valence-electron chi connectivity index (χ0n) is 12.0. The van der Waals surface area contributed by atoms with Crippen molar-refractivity contribution in [3.8, 4) is 0 Å². The van der Waals surface area contributed by atoms with E-state index in [1.165, 1.54) is 0 Å². The average Bonchev–Trinajstić information content (AvgIpc) is 2.54. The van der Waals surface area contributed by atoms with Crippen molar-refractivity contribution in [1.29, 1.82) is 0 Å². The van der Waals surface area contributed by atoms with Crippen LogP contribution in [0, 0.1) is 0 Å². The molecule has 0 aliphatic carbocycles. The molecule has 2 N–H and O–H groups in total. The van der Waals surface area contributed by atoms with Gasteiger partial charge in [0, 0.05) is 26.4 Å². The first-order valence-corrected chi connectivity index (χ1v) is 6.80. The van der Waals surface area contributed by atoms with E-state index in [0.717, 1.165) is 11.4 Å². The van der Waals surface area contributed by atoms with E-state index in [1.54, 1.807) is 25.4 Å². The molecule has 0 saturated carbocycles. The van der Waals surface area contributed by atoms with E-state index in [1.807, 2.05) is 30.3 Å². The molecule has 2 rings (SSSR count). The number of anilines is 1. The van der Waals surface area contributed by atoms with Crippen LogP contribution in [0.2, 0.25) is 0 Å². The number of aromatic nitrogens is 1. The van der Waals surface area contributed by atoms with Crippen molar-refractivity contribution >= 4 is 11.7 Å². The fourth-order valence-electron chi connectivity index (χ4n) is 1.79. The number of ether oxygens (including phenoxy) is 1. The largest absolute Gasteiger partial charge is 0.383 e. The molecule has 0 aliphatic heterocycles. The van der Waals surface area contributed by atoms with Crippen LogP contribution in [0.15, 0.2) is 48.7 Å². The third kappa shape index (κ3) is 4.89. The number of nitrogens with one attached hydrogen (secondary N) is 2. The van der Waals surface area contributed by atoms with E-state index < -0.39 is 0 Å². The first-order chi connectivity index (χ1) is 10.3. The molecule has 2 aromatic rings. The van der Waals surface area contributed by atoms with Gasteiger partial charge < -0.3 is 15.4 Å². The van der Waals surface area contributed by atoms with Crippen LogP contribution in [0.5, 0.6) is 0 Å². The van der Waals surface area contributed by atoms with Crippen LogP contribution in [0.3, 0.4) is 0 Å². The van der Waals surface area contributed by atoms with Crippen LogP contribution in [-0.4, -0.2) is 31.2 Å². The van der Waals surface area contributed by atoms with Gasteiger partial charge in [-0.05, 0) is 17.7 Å². The zero-order valence-corrected chi connectivity index (χ0v) is 12.0. The molecule has 5 heteroatoms. The fraction of sp³-hybridized carbons (Fsp3) is 0.250. The molecular weight excluding hydrogens is 266 g/mol. The Morgan fingerprint density at radius 1 is 1.19 bits per heavy atom. The Bertz CT molecular complexity index is 555. The summed E-state index contributed by atoms with van der Waals surface area (Å²) >= 11 is 0. The predicted molar refractivity (Wildman–Crippen MR) is 82.2 cm³/mol. The number of methoxy groups -OCH3 is 1. The maximum atomic E-state index is 12.0. The highest BCUT2D eigenvalue weighted by atomic mass is 16.5. The second kappa shape index (κ2) is 8.01. The minimum atomic E-state index is -0.130. The molecule has 0 atom stereocenters. The minimum Gasteiger partial charge on any atom is -0.383 e. The maximum Gasteiger partial charge on any atom is 0.253 e. The lowest BCUT2D eigenvalue weighted by atomic mass is 10.2. The molecule has 1 amide bonds. The summed E-state index contributed by atoms with van der Waals surface area (Å²) < 4.78 is 4.95. The summed E-state index contributed by atoms with van der Waals surface area (Å²) in [5.41, 5.74) is 1.61. The average molecular weight is 285 g/mol. The molecule has 0 spiro atoms. The lowest BCUT2D eigenvalue weighted by Gasteiger charge is -2.07. The van der Waals surface area contributed by atoms with E-state index in [-0.39, 0.29) is 5.91 Å². The number of hydrogen-bond acceptors (Lipinski definition) is 4. The molecule has 0 aliphatic rings. The SMILES string of the molecule is COCCNc1ccc(C(=O)NCc2ccccc2)cn1. The van der Waals surface area contributed by atoms with E-state index in [9.17, 15) is 4.79 Å². The van der Waals surface area contributed by atoms with Crippen molar-refractivity contribution in [2.24, 2.45) is 0 Å². The number of nitrogens with zero attached hydrogens (tertiary/aromatic N) is 1. The van der Waals surface area contributed by atoms with Crippen molar-refractivity contribution in [2.75, 3.05) is 25.6 Å². The molecule has 110 valence electrons. The highest BCUT2D eigenvalue weighted by molar-refractivity contribution is 5.93. The van der Waals surface area contributed by atoms with Crippen LogP contribution in [-0.2, 0) is 11.3 Å². The van der Waals surface area contributed by atoms with Crippen molar-refractivity contribution < 1.29 is 9.53 Å². The third-order valence-corrected chi connectivity index (χ3v) is 2.93. The Morgan fingerprint density at radius 3 is 2.67 bits per heavy atom. The molecule has 0 bridgehead atoms. The van der Waals surface area contributed by atoms with Gasteiger partial charge >= 0.3 is 0 Å². The van der Waals surface area contributed by atoms with Gasteiger partial charge in [0.25, 0.3) is 5.91 Å². The summed E-state index contributed by atoms with van der Waals surface area (Å²) in [4.78, 5) is 16.2. The summed E-state index contributed by atoms with van der Waals surface area (Å²) in [7, 11) is 1.65. The minimum absolute atomic E-state index is 0.130. The van der Waals surface area contributed by atoms with Crippen molar-refractivity contribution in [3.05, 3.63) is 59.8 Å². The second-order valence-corrected chi connectivity index (χ2v) is 4.52. The van der Waals surface area contributed by atoms with Crippen molar-refractivity contribution in [2.45, 2.75) is 6.54 Å². The highest BCUT2D eigenvalue weighted by Gasteiger charge is 2.05. The molecule has 0 fully saturated rings. The van der Waals surface area contributed by atoms with Gasteiger partial charge in [0.15, 0.2) is 0 Å². The Hall–Kier alpha value is -2.40. The van der Waals surface area contributed by atoms with Crippen LogP contribution < -0.4 is 10.6 Å². The van der Waals surface area contributed by atoms with Gasteiger partial charge in [-0.3, -0.25) is 4.79 Å². The van der Waals surface area contributed by atoms with E-state index in [2.05, 4.69) is 15.6 Å². The fourth-order valence-corrected chi connectivity index (χ4v) is 1.79. The maximum absolute atomic E-state index is 12.0. The number of benzene rings is 1. The first kappa shape index (κ1) is 15.0. The van der Waals surface area contributed by atoms with Gasteiger partial charge in [-0.15, -0.1) is 0 Å². The topological polar surface area (TPSA) is 63.2 Å². The second-order valence-electron chi connectivity index (χ2n) is 4.52. The zero-order chi connectivity index (χ0) is 14.9. The van der Waals surface area contributed by atoms with Crippen LogP contribution in [0.25, 0.3) is 0 Å². The van der Waals surface area contributed by atoms with Gasteiger partial charge in [0.1, 0.15) is 5.82 Å². The van der Waals surface area contributed by atoms with Crippen molar-refractivity contribution in [1.82, 2.24) is 10.3 Å². The summed E-state index contributed by atoms with van der Waals surface area (Å²) in [6.07, 6.45) is 1.56. The standard InChI is InChI=1S/C16H19N3O2/c1-21-10-9-17-15-8-7-14(12-18-15)16(20)19-11-13-5-3-2-4-6-13/h2-8,12H,9-11H2,1H3,(H,17,18)(H,19,20). The quantitative estimate of drug-likeness (QED) is 0.764. The smallest absolute Gasteiger partial charge is 0.253 e. The van der Waals surface area contributed by atoms with Crippen LogP contribution in [0.1, 0.15) is 15.9 Å². The predicted octanol–water partition coefficient (Wildman–Crippen LogP) is 2.07. The summed E-state index contributed by atoms with van der Waals surface area (Å²) in [5.74, 6) is 0.599. The first-order valence-electron chi connectivity index (χ1n) is 6.80. The molecule has 1 aromatic carbocycles. The molecule has 0 unspecified atom stereocenters. The molecule has 0 saturated heterocycles.